The Hall–Kier alpha value is -2.48. The van der Waals surface area contributed by atoms with Crippen molar-refractivity contribution in [2.75, 3.05) is 6.54 Å². The van der Waals surface area contributed by atoms with Gasteiger partial charge in [-0.2, -0.15) is 5.10 Å². The lowest BCUT2D eigenvalue weighted by molar-refractivity contribution is -0.131. The van der Waals surface area contributed by atoms with E-state index < -0.39 is 5.69 Å². The minimum absolute atomic E-state index is 0.0190. The highest BCUT2D eigenvalue weighted by molar-refractivity contribution is 7.18. The second kappa shape index (κ2) is 5.62. The van der Waals surface area contributed by atoms with Crippen LogP contribution >= 0.6 is 11.3 Å². The van der Waals surface area contributed by atoms with Gasteiger partial charge in [0.25, 0.3) is 0 Å². The number of nitrogens with one attached hydrogen (secondary N) is 2. The Morgan fingerprint density at radius 1 is 1.39 bits per heavy atom. The van der Waals surface area contributed by atoms with Crippen LogP contribution in [-0.2, 0) is 11.2 Å². The molecule has 1 aromatic carbocycles. The number of para-hydroxylation sites is 1. The molecule has 0 saturated carbocycles. The summed E-state index contributed by atoms with van der Waals surface area (Å²) in [5.41, 5.74) is 0.584. The van der Waals surface area contributed by atoms with E-state index in [-0.39, 0.29) is 18.4 Å². The average Bonchev–Trinajstić information content (AvgIpc) is 3.24. The summed E-state index contributed by atoms with van der Waals surface area (Å²) in [6, 6.07) is 8.02. The van der Waals surface area contributed by atoms with Crippen molar-refractivity contribution in [2.45, 2.75) is 25.3 Å². The van der Waals surface area contributed by atoms with Crippen molar-refractivity contribution in [1.29, 1.82) is 0 Å². The number of aromatic nitrogens is 4. The summed E-state index contributed by atoms with van der Waals surface area (Å²) in [6.45, 7) is 0.716. The molecule has 1 aliphatic heterocycles. The summed E-state index contributed by atoms with van der Waals surface area (Å²) in [4.78, 5) is 32.7. The number of carbonyl (C=O) groups excluding carboxylic acids is 1. The number of rotatable bonds is 3. The molecule has 1 aliphatic rings. The number of fused-ring (bicyclic) bond motifs is 1. The van der Waals surface area contributed by atoms with Crippen LogP contribution in [0, 0.1) is 0 Å². The topological polar surface area (TPSA) is 94.7 Å². The van der Waals surface area contributed by atoms with E-state index in [0.717, 1.165) is 28.1 Å². The fourth-order valence-electron chi connectivity index (χ4n) is 2.99. The van der Waals surface area contributed by atoms with E-state index in [1.54, 1.807) is 11.3 Å². The number of carbonyl (C=O) groups is 1. The molecule has 7 nitrogen and oxygen atoms in total. The van der Waals surface area contributed by atoms with E-state index in [9.17, 15) is 9.59 Å². The van der Waals surface area contributed by atoms with Crippen LogP contribution in [0.1, 0.15) is 29.7 Å². The summed E-state index contributed by atoms with van der Waals surface area (Å²) >= 11 is 1.64. The van der Waals surface area contributed by atoms with E-state index in [4.69, 9.17) is 0 Å². The number of amides is 1. The molecule has 1 atom stereocenters. The first kappa shape index (κ1) is 14.1. The Morgan fingerprint density at radius 2 is 2.26 bits per heavy atom. The van der Waals surface area contributed by atoms with Crippen LogP contribution in [0.25, 0.3) is 10.2 Å². The number of benzene rings is 1. The van der Waals surface area contributed by atoms with E-state index in [1.807, 2.05) is 29.2 Å². The first-order valence-corrected chi connectivity index (χ1v) is 8.31. The lowest BCUT2D eigenvalue weighted by Gasteiger charge is -2.22. The maximum atomic E-state index is 12.5. The quantitative estimate of drug-likeness (QED) is 0.763. The highest BCUT2D eigenvalue weighted by Crippen LogP contribution is 2.36. The second-order valence-corrected chi connectivity index (χ2v) is 6.63. The van der Waals surface area contributed by atoms with E-state index in [0.29, 0.717) is 12.4 Å². The van der Waals surface area contributed by atoms with E-state index in [2.05, 4.69) is 20.2 Å². The molecule has 3 heterocycles. The van der Waals surface area contributed by atoms with Gasteiger partial charge in [-0.1, -0.05) is 12.1 Å². The molecule has 0 unspecified atom stereocenters. The summed E-state index contributed by atoms with van der Waals surface area (Å²) in [7, 11) is 0. The largest absolute Gasteiger partial charge is 0.340 e. The predicted octanol–water partition coefficient (Wildman–Crippen LogP) is 1.61. The lowest BCUT2D eigenvalue weighted by Crippen LogP contribution is -2.32. The van der Waals surface area contributed by atoms with Gasteiger partial charge in [-0.25, -0.2) is 14.9 Å². The molecule has 0 spiro atoms. The third-order valence-corrected chi connectivity index (χ3v) is 5.18. The molecule has 23 heavy (non-hydrogen) atoms. The van der Waals surface area contributed by atoms with E-state index in [1.165, 1.54) is 0 Å². The Bertz CT molecular complexity index is 879. The van der Waals surface area contributed by atoms with Gasteiger partial charge in [0, 0.05) is 6.54 Å². The van der Waals surface area contributed by atoms with Gasteiger partial charge >= 0.3 is 5.69 Å². The number of H-pyrrole nitrogens is 2. The first-order chi connectivity index (χ1) is 11.2. The van der Waals surface area contributed by atoms with Crippen molar-refractivity contribution in [3.63, 3.8) is 0 Å². The SMILES string of the molecule is O=C(Cc1n[nH]c(=O)[nH]1)N1CCC[C@@H]1c1nc2ccccc2s1. The number of thiazole rings is 1. The molecule has 4 rings (SSSR count). The number of aromatic amines is 2. The zero-order chi connectivity index (χ0) is 15.8. The summed E-state index contributed by atoms with van der Waals surface area (Å²) in [5.74, 6) is 0.337. The van der Waals surface area contributed by atoms with Crippen LogP contribution < -0.4 is 5.69 Å². The third-order valence-electron chi connectivity index (χ3n) is 4.04. The van der Waals surface area contributed by atoms with E-state index >= 15 is 0 Å². The highest BCUT2D eigenvalue weighted by atomic mass is 32.1. The Balaban J connectivity index is 1.58. The smallest absolute Gasteiger partial charge is 0.333 e. The van der Waals surface area contributed by atoms with Gasteiger partial charge in [0.15, 0.2) is 0 Å². The molecule has 3 aromatic rings. The molecular formula is C15H15N5O2S. The van der Waals surface area contributed by atoms with Crippen molar-refractivity contribution in [1.82, 2.24) is 25.1 Å². The van der Waals surface area contributed by atoms with Gasteiger partial charge in [-0.05, 0) is 25.0 Å². The molecule has 0 aliphatic carbocycles. The molecule has 0 bridgehead atoms. The number of hydrogen-bond donors (Lipinski definition) is 2. The zero-order valence-corrected chi connectivity index (χ0v) is 13.1. The maximum absolute atomic E-state index is 12.5. The third kappa shape index (κ3) is 2.65. The van der Waals surface area contributed by atoms with Gasteiger partial charge in [0.1, 0.15) is 10.8 Å². The average molecular weight is 329 g/mol. The van der Waals surface area contributed by atoms with Crippen molar-refractivity contribution >= 4 is 27.5 Å². The molecule has 2 aromatic heterocycles. The first-order valence-electron chi connectivity index (χ1n) is 7.49. The predicted molar refractivity (Wildman–Crippen MR) is 86.2 cm³/mol. The molecule has 1 amide bonds. The summed E-state index contributed by atoms with van der Waals surface area (Å²) < 4.78 is 1.14. The normalized spacial score (nSPS) is 17.9. The minimum Gasteiger partial charge on any atom is -0.333 e. The maximum Gasteiger partial charge on any atom is 0.340 e. The van der Waals surface area contributed by atoms with Gasteiger partial charge in [0.05, 0.1) is 22.7 Å². The molecule has 1 saturated heterocycles. The molecule has 118 valence electrons. The second-order valence-electron chi connectivity index (χ2n) is 5.57. The number of nitrogens with zero attached hydrogens (tertiary/aromatic N) is 3. The van der Waals surface area contributed by atoms with Crippen LogP contribution in [0.5, 0.6) is 0 Å². The fourth-order valence-corrected chi connectivity index (χ4v) is 4.10. The standard InChI is InChI=1S/C15H15N5O2S/c21-13(8-12-17-15(22)19-18-12)20-7-3-5-10(20)14-16-9-4-1-2-6-11(9)23-14/h1-2,4,6,10H,3,5,7-8H2,(H2,17,18,19,22)/t10-/m1/s1. The van der Waals surface area contributed by atoms with Crippen molar-refractivity contribution in [3.05, 3.63) is 45.6 Å². The number of likely N-dealkylation sites (tertiary alicyclic amines) is 1. The highest BCUT2D eigenvalue weighted by Gasteiger charge is 2.32. The molecule has 2 N–H and O–H groups in total. The van der Waals surface area contributed by atoms with Crippen LogP contribution in [0.4, 0.5) is 0 Å². The molecule has 0 radical (unpaired) electrons. The van der Waals surface area contributed by atoms with Crippen molar-refractivity contribution < 1.29 is 4.79 Å². The Labute approximate surface area is 135 Å². The summed E-state index contributed by atoms with van der Waals surface area (Å²) in [6.07, 6.45) is 1.98. The Morgan fingerprint density at radius 3 is 3.04 bits per heavy atom. The minimum atomic E-state index is -0.392. The van der Waals surface area contributed by atoms with Gasteiger partial charge < -0.3 is 4.90 Å². The lowest BCUT2D eigenvalue weighted by atomic mass is 10.2. The molecule has 1 fully saturated rings. The van der Waals surface area contributed by atoms with Crippen molar-refractivity contribution in [2.24, 2.45) is 0 Å². The van der Waals surface area contributed by atoms with Crippen LogP contribution in [0.2, 0.25) is 0 Å². The molecule has 8 heteroatoms. The Kier molecular flexibility index (Phi) is 3.45. The van der Waals surface area contributed by atoms with Gasteiger partial charge in [0.2, 0.25) is 5.91 Å². The van der Waals surface area contributed by atoms with Gasteiger partial charge in [-0.15, -0.1) is 11.3 Å². The fraction of sp³-hybridized carbons (Fsp3) is 0.333. The molecular weight excluding hydrogens is 314 g/mol. The van der Waals surface area contributed by atoms with Crippen molar-refractivity contribution in [3.8, 4) is 0 Å². The van der Waals surface area contributed by atoms with Gasteiger partial charge in [-0.3, -0.25) is 9.78 Å². The summed E-state index contributed by atoms with van der Waals surface area (Å²) in [5, 5.41) is 7.07. The van der Waals surface area contributed by atoms with Crippen LogP contribution in [0.15, 0.2) is 29.1 Å². The number of hydrogen-bond acceptors (Lipinski definition) is 5. The zero-order valence-electron chi connectivity index (χ0n) is 12.3. The van der Waals surface area contributed by atoms with Crippen LogP contribution in [0.3, 0.4) is 0 Å². The van der Waals surface area contributed by atoms with Crippen LogP contribution in [-0.4, -0.2) is 37.5 Å². The monoisotopic (exact) mass is 329 g/mol.